The molecule has 1 aliphatic rings. The predicted octanol–water partition coefficient (Wildman–Crippen LogP) is 3.95. The van der Waals surface area contributed by atoms with Gasteiger partial charge in [0.25, 0.3) is 0 Å². The number of anilines is 1. The van der Waals surface area contributed by atoms with Crippen LogP contribution in [0.5, 0.6) is 0 Å². The van der Waals surface area contributed by atoms with Gasteiger partial charge in [0.15, 0.2) is 0 Å². The van der Waals surface area contributed by atoms with Gasteiger partial charge in [-0.3, -0.25) is 0 Å². The number of aryl methyl sites for hydroxylation is 1. The zero-order valence-corrected chi connectivity index (χ0v) is 12.4. The van der Waals surface area contributed by atoms with Gasteiger partial charge in [-0.15, -0.1) is 0 Å². The third-order valence-electron chi connectivity index (χ3n) is 3.95. The van der Waals surface area contributed by atoms with Gasteiger partial charge in [0.05, 0.1) is 11.7 Å². The van der Waals surface area contributed by atoms with Gasteiger partial charge in [-0.2, -0.15) is 0 Å². The summed E-state index contributed by atoms with van der Waals surface area (Å²) < 4.78 is 14.2. The maximum absolute atomic E-state index is 14.2. The first kappa shape index (κ1) is 14.0. The number of fused-ring (bicyclic) bond motifs is 1. The molecule has 0 saturated carbocycles. The van der Waals surface area contributed by atoms with Crippen LogP contribution in [0.25, 0.3) is 0 Å². The molecule has 0 bridgehead atoms. The largest absolute Gasteiger partial charge is 0.389 e. The first-order valence-corrected chi connectivity index (χ1v) is 7.49. The van der Waals surface area contributed by atoms with E-state index in [9.17, 15) is 4.39 Å². The Balaban J connectivity index is 1.86. The highest BCUT2D eigenvalue weighted by Crippen LogP contribution is 2.33. The fraction of sp³-hybridized carbons (Fsp3) is 0.235. The van der Waals surface area contributed by atoms with Gasteiger partial charge in [0.2, 0.25) is 0 Å². The fourth-order valence-corrected chi connectivity index (χ4v) is 3.00. The molecular formula is C17H17FN2S. The summed E-state index contributed by atoms with van der Waals surface area (Å²) in [6.07, 6.45) is 3.21. The average Bonchev–Trinajstić information content (AvgIpc) is 2.49. The summed E-state index contributed by atoms with van der Waals surface area (Å²) >= 11 is 4.87. The van der Waals surface area contributed by atoms with Crippen molar-refractivity contribution in [3.8, 4) is 0 Å². The van der Waals surface area contributed by atoms with Crippen LogP contribution in [0.4, 0.5) is 10.1 Å². The Morgan fingerprint density at radius 1 is 1.24 bits per heavy atom. The molecule has 0 spiro atoms. The predicted molar refractivity (Wildman–Crippen MR) is 88.0 cm³/mol. The lowest BCUT2D eigenvalue weighted by Crippen LogP contribution is -2.18. The van der Waals surface area contributed by atoms with Gasteiger partial charge in [-0.05, 0) is 48.6 Å². The van der Waals surface area contributed by atoms with Gasteiger partial charge in [-0.1, -0.05) is 36.5 Å². The molecule has 108 valence electrons. The van der Waals surface area contributed by atoms with Crippen LogP contribution >= 0.6 is 12.2 Å². The number of halogens is 1. The molecule has 0 aliphatic heterocycles. The minimum atomic E-state index is -0.316. The lowest BCUT2D eigenvalue weighted by atomic mass is 9.87. The van der Waals surface area contributed by atoms with E-state index >= 15 is 0 Å². The van der Waals surface area contributed by atoms with Crippen LogP contribution in [0.15, 0.2) is 42.5 Å². The highest BCUT2D eigenvalue weighted by atomic mass is 32.1. The third kappa shape index (κ3) is 2.90. The van der Waals surface area contributed by atoms with Crippen molar-refractivity contribution in [2.75, 3.05) is 5.32 Å². The van der Waals surface area contributed by atoms with Gasteiger partial charge >= 0.3 is 0 Å². The van der Waals surface area contributed by atoms with Gasteiger partial charge in [0, 0.05) is 5.56 Å². The molecule has 0 fully saturated rings. The molecule has 0 amide bonds. The van der Waals surface area contributed by atoms with Crippen molar-refractivity contribution in [3.63, 3.8) is 0 Å². The molecule has 3 rings (SSSR count). The van der Waals surface area contributed by atoms with Crippen LogP contribution in [0, 0.1) is 5.82 Å². The number of rotatable bonds is 3. The third-order valence-corrected chi connectivity index (χ3v) is 4.19. The Morgan fingerprint density at radius 3 is 2.81 bits per heavy atom. The Labute approximate surface area is 129 Å². The highest BCUT2D eigenvalue weighted by molar-refractivity contribution is 7.80. The van der Waals surface area contributed by atoms with Crippen LogP contribution in [0.2, 0.25) is 0 Å². The maximum Gasteiger partial charge on any atom is 0.147 e. The standard InChI is InChI=1S/C17H17FN2S/c18-14-10-12(17(19)21)8-9-16(14)20-15-7-3-5-11-4-1-2-6-13(11)15/h1-2,4,6,8-10,15,20H,3,5,7H2,(H2,19,21). The van der Waals surface area contributed by atoms with Crippen LogP contribution in [-0.2, 0) is 6.42 Å². The van der Waals surface area contributed by atoms with E-state index in [-0.39, 0.29) is 16.8 Å². The summed E-state index contributed by atoms with van der Waals surface area (Å²) in [4.78, 5) is 0.212. The number of nitrogens with one attached hydrogen (secondary N) is 1. The van der Waals surface area contributed by atoms with E-state index in [1.54, 1.807) is 12.1 Å². The topological polar surface area (TPSA) is 38.0 Å². The first-order chi connectivity index (χ1) is 10.1. The minimum Gasteiger partial charge on any atom is -0.389 e. The van der Waals surface area contributed by atoms with Crippen molar-refractivity contribution in [1.29, 1.82) is 0 Å². The Hall–Kier alpha value is -1.94. The van der Waals surface area contributed by atoms with Crippen LogP contribution in [-0.4, -0.2) is 4.99 Å². The molecular weight excluding hydrogens is 283 g/mol. The molecule has 1 atom stereocenters. The maximum atomic E-state index is 14.2. The van der Waals surface area contributed by atoms with Crippen LogP contribution < -0.4 is 11.1 Å². The second kappa shape index (κ2) is 5.82. The van der Waals surface area contributed by atoms with Crippen molar-refractivity contribution in [3.05, 3.63) is 65.0 Å². The zero-order chi connectivity index (χ0) is 14.8. The van der Waals surface area contributed by atoms with E-state index in [1.165, 1.54) is 17.2 Å². The van der Waals surface area contributed by atoms with Crippen LogP contribution in [0.1, 0.15) is 35.6 Å². The second-order valence-corrected chi connectivity index (χ2v) is 5.79. The Bertz CT molecular complexity index is 684. The van der Waals surface area contributed by atoms with Gasteiger partial charge in [0.1, 0.15) is 10.8 Å². The fourth-order valence-electron chi connectivity index (χ4n) is 2.88. The van der Waals surface area contributed by atoms with Crippen molar-refractivity contribution >= 4 is 22.9 Å². The van der Waals surface area contributed by atoms with E-state index in [2.05, 4.69) is 23.5 Å². The van der Waals surface area contributed by atoms with E-state index < -0.39 is 0 Å². The van der Waals surface area contributed by atoms with E-state index in [0.717, 1.165) is 19.3 Å². The first-order valence-electron chi connectivity index (χ1n) is 7.09. The minimum absolute atomic E-state index is 0.153. The summed E-state index contributed by atoms with van der Waals surface area (Å²) in [7, 11) is 0. The van der Waals surface area contributed by atoms with Crippen molar-refractivity contribution in [2.45, 2.75) is 25.3 Å². The number of hydrogen-bond acceptors (Lipinski definition) is 2. The summed E-state index contributed by atoms with van der Waals surface area (Å²) in [5.41, 5.74) is 9.19. The molecule has 2 nitrogen and oxygen atoms in total. The number of hydrogen-bond donors (Lipinski definition) is 2. The average molecular weight is 300 g/mol. The summed E-state index contributed by atoms with van der Waals surface area (Å²) in [5.74, 6) is -0.316. The summed E-state index contributed by atoms with van der Waals surface area (Å²) in [5, 5.41) is 3.31. The van der Waals surface area contributed by atoms with Crippen molar-refractivity contribution in [2.24, 2.45) is 5.73 Å². The molecule has 2 aromatic rings. The number of nitrogens with two attached hydrogens (primary N) is 1. The SMILES string of the molecule is NC(=S)c1ccc(NC2CCCc3ccccc32)c(F)c1. The van der Waals surface area contributed by atoms with E-state index in [1.807, 2.05) is 6.07 Å². The van der Waals surface area contributed by atoms with Gasteiger partial charge in [-0.25, -0.2) is 4.39 Å². The molecule has 21 heavy (non-hydrogen) atoms. The van der Waals surface area contributed by atoms with E-state index in [4.69, 9.17) is 18.0 Å². The highest BCUT2D eigenvalue weighted by Gasteiger charge is 2.20. The summed E-state index contributed by atoms with van der Waals surface area (Å²) in [6, 6.07) is 13.4. The number of thiocarbonyl (C=S) groups is 1. The molecule has 1 unspecified atom stereocenters. The second-order valence-electron chi connectivity index (χ2n) is 5.35. The molecule has 4 heteroatoms. The quantitative estimate of drug-likeness (QED) is 0.843. The van der Waals surface area contributed by atoms with Crippen molar-refractivity contribution in [1.82, 2.24) is 0 Å². The Morgan fingerprint density at radius 2 is 2.05 bits per heavy atom. The molecule has 2 aromatic carbocycles. The molecule has 1 aliphatic carbocycles. The molecule has 0 aromatic heterocycles. The zero-order valence-electron chi connectivity index (χ0n) is 11.6. The Kier molecular flexibility index (Phi) is 3.88. The molecule has 3 N–H and O–H groups in total. The summed E-state index contributed by atoms with van der Waals surface area (Å²) in [6.45, 7) is 0. The lowest BCUT2D eigenvalue weighted by molar-refractivity contribution is 0.586. The van der Waals surface area contributed by atoms with E-state index in [0.29, 0.717) is 11.3 Å². The number of benzene rings is 2. The van der Waals surface area contributed by atoms with Gasteiger partial charge < -0.3 is 11.1 Å². The monoisotopic (exact) mass is 300 g/mol. The molecule has 0 heterocycles. The smallest absolute Gasteiger partial charge is 0.147 e. The molecule has 0 saturated heterocycles. The molecule has 0 radical (unpaired) electrons. The lowest BCUT2D eigenvalue weighted by Gasteiger charge is -2.27. The normalized spacial score (nSPS) is 17.1. The van der Waals surface area contributed by atoms with Crippen molar-refractivity contribution < 1.29 is 4.39 Å². The van der Waals surface area contributed by atoms with Crippen LogP contribution in [0.3, 0.4) is 0 Å².